The van der Waals surface area contributed by atoms with Crippen molar-refractivity contribution in [2.45, 2.75) is 44.6 Å². The highest BCUT2D eigenvalue weighted by Crippen LogP contribution is 2.42. The summed E-state index contributed by atoms with van der Waals surface area (Å²) in [5, 5.41) is 2.54. The van der Waals surface area contributed by atoms with Crippen molar-refractivity contribution < 1.29 is 4.21 Å². The maximum Gasteiger partial charge on any atom is 0.0236 e. The molecule has 0 aromatic heterocycles. The quantitative estimate of drug-likeness (QED) is 0.761. The van der Waals surface area contributed by atoms with Crippen molar-refractivity contribution in [2.75, 3.05) is 25.0 Å². The Hall–Kier alpha value is 0.240. The van der Waals surface area contributed by atoms with Gasteiger partial charge in [0.1, 0.15) is 0 Å². The van der Waals surface area contributed by atoms with E-state index in [9.17, 15) is 4.21 Å². The van der Waals surface area contributed by atoms with Gasteiger partial charge in [0, 0.05) is 10.00 Å². The van der Waals surface area contributed by atoms with E-state index < -0.39 is 20.0 Å². The maximum absolute atomic E-state index is 12.8. The molecule has 17 heavy (non-hydrogen) atoms. The fourth-order valence-electron chi connectivity index (χ4n) is 1.23. The number of hydrogen-bond donors (Lipinski definition) is 1. The lowest BCUT2D eigenvalue weighted by molar-refractivity contribution is 0.481. The molecule has 0 aliphatic carbocycles. The molecule has 0 aromatic carbocycles. The van der Waals surface area contributed by atoms with Crippen LogP contribution in [0.3, 0.4) is 0 Å². The van der Waals surface area contributed by atoms with Gasteiger partial charge < -0.3 is 0 Å². The third-order valence-corrected chi connectivity index (χ3v) is 10.2. The van der Waals surface area contributed by atoms with Gasteiger partial charge in [-0.05, 0) is 50.2 Å². The van der Waals surface area contributed by atoms with E-state index in [1.165, 1.54) is 0 Å². The molecular formula is C14H32OS2. The van der Waals surface area contributed by atoms with Crippen LogP contribution >= 0.6 is 10.0 Å². The van der Waals surface area contributed by atoms with Crippen molar-refractivity contribution in [1.29, 1.82) is 0 Å². The highest BCUT2D eigenvalue weighted by molar-refractivity contribution is 8.32. The number of thiol groups is 1. The van der Waals surface area contributed by atoms with Gasteiger partial charge in [-0.15, -0.1) is 0 Å². The van der Waals surface area contributed by atoms with Gasteiger partial charge in [0.15, 0.2) is 0 Å². The first-order chi connectivity index (χ1) is 7.32. The summed E-state index contributed by atoms with van der Waals surface area (Å²) in [7, 11) is -2.84. The largest absolute Gasteiger partial charge is 0.281 e. The van der Waals surface area contributed by atoms with E-state index in [4.69, 9.17) is 0 Å². The molecular weight excluding hydrogens is 248 g/mol. The van der Waals surface area contributed by atoms with Gasteiger partial charge in [0.2, 0.25) is 0 Å². The van der Waals surface area contributed by atoms with Gasteiger partial charge in [-0.2, -0.15) is 0 Å². The molecule has 0 saturated heterocycles. The molecule has 0 fully saturated rings. The van der Waals surface area contributed by atoms with Gasteiger partial charge in [0.25, 0.3) is 0 Å². The van der Waals surface area contributed by atoms with Crippen LogP contribution in [0.5, 0.6) is 0 Å². The van der Waals surface area contributed by atoms with E-state index in [0.717, 1.165) is 0 Å². The number of rotatable bonds is 5. The highest BCUT2D eigenvalue weighted by atomic mass is 32.3. The van der Waals surface area contributed by atoms with Crippen LogP contribution in [0.4, 0.5) is 0 Å². The van der Waals surface area contributed by atoms with Gasteiger partial charge in [-0.25, -0.2) is 10.0 Å². The predicted octanol–water partition coefficient (Wildman–Crippen LogP) is 3.66. The smallest absolute Gasteiger partial charge is 0.0236 e. The van der Waals surface area contributed by atoms with Crippen molar-refractivity contribution in [3.8, 4) is 0 Å². The molecule has 106 valence electrons. The van der Waals surface area contributed by atoms with E-state index in [2.05, 4.69) is 59.5 Å². The molecule has 3 heteroatoms. The molecule has 0 spiro atoms. The first kappa shape index (κ1) is 17.2. The average Bonchev–Trinajstić information content (AvgIpc) is 2.12. The summed E-state index contributed by atoms with van der Waals surface area (Å²) >= 11 is 0. The van der Waals surface area contributed by atoms with E-state index in [-0.39, 0.29) is 4.75 Å². The molecule has 0 rings (SSSR count). The van der Waals surface area contributed by atoms with E-state index in [1.807, 2.05) is 11.7 Å². The second kappa shape index (κ2) is 5.48. The summed E-state index contributed by atoms with van der Waals surface area (Å²) in [6.45, 7) is 10.8. The summed E-state index contributed by atoms with van der Waals surface area (Å²) in [6, 6.07) is 0. The minimum atomic E-state index is -2.24. The SMILES string of the molecule is CC(C)C(C)(C)[SH](C)(=O)/C=C\C(C)S(C)(C)C. The van der Waals surface area contributed by atoms with Crippen LogP contribution in [0, 0.1) is 5.92 Å². The molecule has 0 bridgehead atoms. The van der Waals surface area contributed by atoms with E-state index >= 15 is 0 Å². The van der Waals surface area contributed by atoms with Gasteiger partial charge >= 0.3 is 0 Å². The predicted molar refractivity (Wildman–Crippen MR) is 88.3 cm³/mol. The third kappa shape index (κ3) is 4.44. The minimum absolute atomic E-state index is 0.115. The zero-order chi connectivity index (χ0) is 14.1. The van der Waals surface area contributed by atoms with Crippen LogP contribution in [0.15, 0.2) is 11.5 Å². The van der Waals surface area contributed by atoms with Crippen molar-refractivity contribution in [1.82, 2.24) is 0 Å². The van der Waals surface area contributed by atoms with Crippen molar-refractivity contribution in [3.63, 3.8) is 0 Å². The molecule has 0 radical (unpaired) electrons. The molecule has 0 N–H and O–H groups in total. The lowest BCUT2D eigenvalue weighted by Crippen LogP contribution is -2.40. The number of hydrogen-bond acceptors (Lipinski definition) is 1. The van der Waals surface area contributed by atoms with Gasteiger partial charge in [-0.1, -0.05) is 36.8 Å². The van der Waals surface area contributed by atoms with E-state index in [0.29, 0.717) is 11.2 Å². The topological polar surface area (TPSA) is 17.1 Å². The maximum atomic E-state index is 12.8. The molecule has 1 unspecified atom stereocenters. The fourth-order valence-corrected chi connectivity index (χ4v) is 3.89. The first-order valence-electron chi connectivity index (χ1n) is 6.26. The third-order valence-electron chi connectivity index (χ3n) is 4.31. The Balaban J connectivity index is 5.02. The Bertz CT molecular complexity index is 322. The lowest BCUT2D eigenvalue weighted by atomic mass is 10.00. The van der Waals surface area contributed by atoms with Gasteiger partial charge in [-0.3, -0.25) is 4.21 Å². The van der Waals surface area contributed by atoms with Gasteiger partial charge in [0.05, 0.1) is 0 Å². The van der Waals surface area contributed by atoms with Crippen LogP contribution in [0.1, 0.15) is 34.6 Å². The van der Waals surface area contributed by atoms with Crippen LogP contribution < -0.4 is 0 Å². The van der Waals surface area contributed by atoms with Crippen LogP contribution in [-0.2, 0) is 9.93 Å². The average molecular weight is 281 g/mol. The second-order valence-electron chi connectivity index (χ2n) is 6.78. The Kier molecular flexibility index (Phi) is 5.56. The highest BCUT2D eigenvalue weighted by Gasteiger charge is 2.32. The van der Waals surface area contributed by atoms with Crippen LogP contribution in [0.25, 0.3) is 0 Å². The molecule has 0 aromatic rings. The fraction of sp³-hybridized carbons (Fsp3) is 0.857. The summed E-state index contributed by atoms with van der Waals surface area (Å²) in [6.07, 6.45) is 11.0. The Morgan fingerprint density at radius 1 is 1.12 bits per heavy atom. The van der Waals surface area contributed by atoms with Crippen LogP contribution in [0.2, 0.25) is 0 Å². The van der Waals surface area contributed by atoms with Crippen LogP contribution in [-0.4, -0.2) is 39.2 Å². The normalized spacial score (nSPS) is 18.7. The zero-order valence-corrected chi connectivity index (χ0v) is 14.8. The molecule has 0 heterocycles. The second-order valence-corrected chi connectivity index (χ2v) is 14.8. The van der Waals surface area contributed by atoms with Crippen molar-refractivity contribution in [2.24, 2.45) is 5.92 Å². The first-order valence-corrected chi connectivity index (χ1v) is 11.4. The molecule has 0 saturated carbocycles. The molecule has 0 aliphatic heterocycles. The summed E-state index contributed by atoms with van der Waals surface area (Å²) in [5.41, 5.74) is 0. The van der Waals surface area contributed by atoms with Crippen molar-refractivity contribution in [3.05, 3.63) is 11.5 Å². The van der Waals surface area contributed by atoms with Crippen molar-refractivity contribution >= 4 is 20.0 Å². The summed E-state index contributed by atoms with van der Waals surface area (Å²) in [4.78, 5) is 0. The molecule has 1 nitrogen and oxygen atoms in total. The van der Waals surface area contributed by atoms with E-state index in [1.54, 1.807) is 0 Å². The Morgan fingerprint density at radius 2 is 1.53 bits per heavy atom. The molecule has 1 atom stereocenters. The zero-order valence-electron chi connectivity index (χ0n) is 13.1. The molecule has 0 aliphatic rings. The Morgan fingerprint density at radius 3 is 1.82 bits per heavy atom. The Labute approximate surface area is 111 Å². The lowest BCUT2D eigenvalue weighted by Gasteiger charge is -2.39. The summed E-state index contributed by atoms with van der Waals surface area (Å²) < 4.78 is 12.7. The minimum Gasteiger partial charge on any atom is -0.281 e. The summed E-state index contributed by atoms with van der Waals surface area (Å²) in [5.74, 6) is 0.431. The molecule has 0 amide bonds. The monoisotopic (exact) mass is 280 g/mol. The standard InChI is InChI=1S/C14H32OS2/c1-12(2)14(4,5)17(9,15)11-10-13(3)16(6,7)8/h10-13,17H,1-9H3/b11-10-.